The second-order valence-electron chi connectivity index (χ2n) is 6.31. The van der Waals surface area contributed by atoms with E-state index in [9.17, 15) is 0 Å². The largest absolute Gasteiger partial charge is 0.371 e. The average molecular weight is 246 g/mol. The van der Waals surface area contributed by atoms with E-state index in [-0.39, 0.29) is 0 Å². The van der Waals surface area contributed by atoms with Gasteiger partial charge in [-0.1, -0.05) is 31.5 Å². The molecule has 1 aromatic carbocycles. The normalized spacial score (nSPS) is 19.0. The molecule has 0 aliphatic carbocycles. The van der Waals surface area contributed by atoms with Crippen molar-refractivity contribution in [3.8, 4) is 0 Å². The number of hydrogen-bond acceptors (Lipinski definition) is 2. The minimum absolute atomic E-state index is 0.518. The highest BCUT2D eigenvalue weighted by Crippen LogP contribution is 2.33. The van der Waals surface area contributed by atoms with E-state index in [1.165, 1.54) is 42.7 Å². The molecule has 0 radical (unpaired) electrons. The van der Waals surface area contributed by atoms with Crippen molar-refractivity contribution in [3.63, 3.8) is 0 Å². The summed E-state index contributed by atoms with van der Waals surface area (Å²) in [7, 11) is 2.02. The van der Waals surface area contributed by atoms with E-state index in [1.807, 2.05) is 7.05 Å². The molecule has 1 aliphatic rings. The van der Waals surface area contributed by atoms with Gasteiger partial charge in [-0.3, -0.25) is 0 Å². The summed E-state index contributed by atoms with van der Waals surface area (Å²) in [6.07, 6.45) is 2.58. The van der Waals surface area contributed by atoms with Gasteiger partial charge in [0.2, 0.25) is 0 Å². The summed E-state index contributed by atoms with van der Waals surface area (Å²) in [6.45, 7) is 10.3. The van der Waals surface area contributed by atoms with Gasteiger partial charge >= 0.3 is 0 Å². The van der Waals surface area contributed by atoms with Crippen molar-refractivity contribution in [3.05, 3.63) is 29.3 Å². The van der Waals surface area contributed by atoms with Gasteiger partial charge in [-0.2, -0.15) is 0 Å². The molecule has 2 rings (SSSR count). The number of anilines is 1. The van der Waals surface area contributed by atoms with Crippen LogP contribution in [0.3, 0.4) is 0 Å². The molecule has 2 nitrogen and oxygen atoms in total. The van der Waals surface area contributed by atoms with Crippen molar-refractivity contribution in [1.29, 1.82) is 0 Å². The van der Waals surface area contributed by atoms with Crippen LogP contribution in [0.1, 0.15) is 37.8 Å². The highest BCUT2D eigenvalue weighted by atomic mass is 15.1. The first-order valence-corrected chi connectivity index (χ1v) is 7.01. The zero-order chi connectivity index (χ0) is 13.2. The van der Waals surface area contributed by atoms with Crippen LogP contribution in [0.2, 0.25) is 0 Å². The summed E-state index contributed by atoms with van der Waals surface area (Å²) in [5.74, 6) is 0. The first-order valence-electron chi connectivity index (χ1n) is 7.01. The first-order chi connectivity index (χ1) is 8.52. The maximum absolute atomic E-state index is 3.28. The van der Waals surface area contributed by atoms with Crippen LogP contribution >= 0.6 is 0 Å². The molecule has 1 saturated heterocycles. The highest BCUT2D eigenvalue weighted by molar-refractivity contribution is 5.55. The molecule has 1 fully saturated rings. The second kappa shape index (κ2) is 5.31. The molecule has 1 heterocycles. The predicted octanol–water partition coefficient (Wildman–Crippen LogP) is 3.34. The molecular weight excluding hydrogens is 220 g/mol. The number of hydrogen-bond donors (Lipinski definition) is 1. The Bertz CT molecular complexity index is 400. The molecule has 0 atom stereocenters. The van der Waals surface area contributed by atoms with Crippen LogP contribution in [0, 0.1) is 12.3 Å². The number of benzene rings is 1. The number of nitrogens with zero attached hydrogens (tertiary/aromatic N) is 1. The fourth-order valence-electron chi connectivity index (χ4n) is 2.71. The standard InChI is InChI=1S/C16H26N2/c1-13-5-6-15(14(11-13)12-17-4)18-9-7-16(2,3)8-10-18/h5-6,11,17H,7-10,12H2,1-4H3. The Kier molecular flexibility index (Phi) is 3.96. The zero-order valence-corrected chi connectivity index (χ0v) is 12.2. The smallest absolute Gasteiger partial charge is 0.0412 e. The fourth-order valence-corrected chi connectivity index (χ4v) is 2.71. The van der Waals surface area contributed by atoms with E-state index in [4.69, 9.17) is 0 Å². The van der Waals surface area contributed by atoms with Crippen molar-refractivity contribution < 1.29 is 0 Å². The zero-order valence-electron chi connectivity index (χ0n) is 12.2. The van der Waals surface area contributed by atoms with Crippen LogP contribution in [-0.4, -0.2) is 20.1 Å². The quantitative estimate of drug-likeness (QED) is 0.880. The van der Waals surface area contributed by atoms with Crippen molar-refractivity contribution in [2.75, 3.05) is 25.0 Å². The molecule has 0 saturated carbocycles. The van der Waals surface area contributed by atoms with Gasteiger partial charge in [-0.15, -0.1) is 0 Å². The maximum atomic E-state index is 3.28. The topological polar surface area (TPSA) is 15.3 Å². The molecule has 0 bridgehead atoms. The van der Waals surface area contributed by atoms with Crippen molar-refractivity contribution in [2.45, 2.75) is 40.2 Å². The van der Waals surface area contributed by atoms with Gasteiger partial charge in [-0.05, 0) is 43.9 Å². The van der Waals surface area contributed by atoms with Crippen molar-refractivity contribution in [2.24, 2.45) is 5.41 Å². The van der Waals surface area contributed by atoms with Gasteiger partial charge in [0.15, 0.2) is 0 Å². The summed E-state index contributed by atoms with van der Waals surface area (Å²) in [5, 5.41) is 3.28. The Morgan fingerprint density at radius 3 is 2.50 bits per heavy atom. The molecular formula is C16H26N2. The van der Waals surface area contributed by atoms with Crippen LogP contribution in [-0.2, 0) is 6.54 Å². The van der Waals surface area contributed by atoms with Crippen LogP contribution in [0.5, 0.6) is 0 Å². The van der Waals surface area contributed by atoms with E-state index < -0.39 is 0 Å². The minimum atomic E-state index is 0.518. The molecule has 0 spiro atoms. The Labute approximate surface area is 111 Å². The van der Waals surface area contributed by atoms with Crippen LogP contribution < -0.4 is 10.2 Å². The van der Waals surface area contributed by atoms with Gasteiger partial charge in [0.1, 0.15) is 0 Å². The Hall–Kier alpha value is -1.02. The number of aryl methyl sites for hydroxylation is 1. The summed E-state index contributed by atoms with van der Waals surface area (Å²) in [5.41, 5.74) is 4.72. The highest BCUT2D eigenvalue weighted by Gasteiger charge is 2.26. The van der Waals surface area contributed by atoms with E-state index in [0.717, 1.165) is 6.54 Å². The van der Waals surface area contributed by atoms with E-state index in [0.29, 0.717) is 5.41 Å². The summed E-state index contributed by atoms with van der Waals surface area (Å²) >= 11 is 0. The Balaban J connectivity index is 2.18. The molecule has 0 unspecified atom stereocenters. The summed E-state index contributed by atoms with van der Waals surface area (Å²) < 4.78 is 0. The van der Waals surface area contributed by atoms with Crippen molar-refractivity contribution >= 4 is 5.69 Å². The predicted molar refractivity (Wildman–Crippen MR) is 79.2 cm³/mol. The van der Waals surface area contributed by atoms with Crippen LogP contribution in [0.25, 0.3) is 0 Å². The number of nitrogens with one attached hydrogen (secondary N) is 1. The van der Waals surface area contributed by atoms with E-state index in [2.05, 4.69) is 49.2 Å². The third kappa shape index (κ3) is 3.05. The van der Waals surface area contributed by atoms with Crippen molar-refractivity contribution in [1.82, 2.24) is 5.32 Å². The number of rotatable bonds is 3. The third-order valence-electron chi connectivity index (χ3n) is 4.06. The van der Waals surface area contributed by atoms with E-state index >= 15 is 0 Å². The molecule has 18 heavy (non-hydrogen) atoms. The van der Waals surface area contributed by atoms with Gasteiger partial charge in [0.05, 0.1) is 0 Å². The molecule has 100 valence electrons. The van der Waals surface area contributed by atoms with Gasteiger partial charge in [0.25, 0.3) is 0 Å². The second-order valence-corrected chi connectivity index (χ2v) is 6.31. The average Bonchev–Trinajstić information content (AvgIpc) is 2.31. The van der Waals surface area contributed by atoms with Crippen LogP contribution in [0.15, 0.2) is 18.2 Å². The molecule has 2 heteroatoms. The lowest BCUT2D eigenvalue weighted by atomic mass is 9.82. The molecule has 1 aliphatic heterocycles. The lowest BCUT2D eigenvalue weighted by Gasteiger charge is -2.39. The third-order valence-corrected chi connectivity index (χ3v) is 4.06. The molecule has 1 aromatic rings. The number of piperidine rings is 1. The van der Waals surface area contributed by atoms with Gasteiger partial charge < -0.3 is 10.2 Å². The van der Waals surface area contributed by atoms with Gasteiger partial charge in [-0.25, -0.2) is 0 Å². The van der Waals surface area contributed by atoms with E-state index in [1.54, 1.807) is 0 Å². The lowest BCUT2D eigenvalue weighted by molar-refractivity contribution is 0.279. The summed E-state index contributed by atoms with van der Waals surface area (Å²) in [4.78, 5) is 2.55. The monoisotopic (exact) mass is 246 g/mol. The SMILES string of the molecule is CNCc1cc(C)ccc1N1CCC(C)(C)CC1. The Morgan fingerprint density at radius 1 is 1.22 bits per heavy atom. The molecule has 0 aromatic heterocycles. The fraction of sp³-hybridized carbons (Fsp3) is 0.625. The maximum Gasteiger partial charge on any atom is 0.0412 e. The Morgan fingerprint density at radius 2 is 1.89 bits per heavy atom. The lowest BCUT2D eigenvalue weighted by Crippen LogP contribution is -2.38. The molecule has 0 amide bonds. The van der Waals surface area contributed by atoms with Crippen LogP contribution in [0.4, 0.5) is 5.69 Å². The first kappa shape index (κ1) is 13.4. The van der Waals surface area contributed by atoms with Gasteiger partial charge in [0, 0.05) is 25.3 Å². The minimum Gasteiger partial charge on any atom is -0.371 e. The molecule has 1 N–H and O–H groups in total. The summed E-state index contributed by atoms with van der Waals surface area (Å²) in [6, 6.07) is 6.83.